The van der Waals surface area contributed by atoms with E-state index in [0.717, 1.165) is 19.0 Å². The van der Waals surface area contributed by atoms with Crippen LogP contribution >= 0.6 is 0 Å². The van der Waals surface area contributed by atoms with Gasteiger partial charge >= 0.3 is 0 Å². The SMILES string of the molecule is CCCNCC1(c2ccncc2)CC(CC)C1. The van der Waals surface area contributed by atoms with Crippen LogP contribution in [0.25, 0.3) is 0 Å². The summed E-state index contributed by atoms with van der Waals surface area (Å²) in [7, 11) is 0. The molecule has 1 aromatic heterocycles. The van der Waals surface area contributed by atoms with Crippen molar-refractivity contribution in [2.45, 2.75) is 44.9 Å². The quantitative estimate of drug-likeness (QED) is 0.762. The van der Waals surface area contributed by atoms with Gasteiger partial charge in [-0.15, -0.1) is 0 Å². The van der Waals surface area contributed by atoms with Gasteiger partial charge in [0.25, 0.3) is 0 Å². The van der Waals surface area contributed by atoms with E-state index in [0.29, 0.717) is 5.41 Å². The average Bonchev–Trinajstić information content (AvgIpc) is 2.33. The molecule has 0 unspecified atom stereocenters. The zero-order valence-electron chi connectivity index (χ0n) is 11.1. The van der Waals surface area contributed by atoms with Gasteiger partial charge in [-0.1, -0.05) is 20.3 Å². The summed E-state index contributed by atoms with van der Waals surface area (Å²) in [5, 5.41) is 3.60. The Morgan fingerprint density at radius 3 is 2.59 bits per heavy atom. The van der Waals surface area contributed by atoms with Gasteiger partial charge in [-0.3, -0.25) is 4.98 Å². The van der Waals surface area contributed by atoms with Crippen molar-refractivity contribution >= 4 is 0 Å². The van der Waals surface area contributed by atoms with E-state index in [9.17, 15) is 0 Å². The summed E-state index contributed by atoms with van der Waals surface area (Å²) < 4.78 is 0. The van der Waals surface area contributed by atoms with Crippen LogP contribution in [0.15, 0.2) is 24.5 Å². The molecule has 1 saturated carbocycles. The van der Waals surface area contributed by atoms with Gasteiger partial charge in [0.15, 0.2) is 0 Å². The fourth-order valence-corrected chi connectivity index (χ4v) is 3.03. The minimum absolute atomic E-state index is 0.388. The highest BCUT2D eigenvalue weighted by Crippen LogP contribution is 2.48. The lowest BCUT2D eigenvalue weighted by atomic mass is 9.58. The largest absolute Gasteiger partial charge is 0.316 e. The maximum Gasteiger partial charge on any atom is 0.0270 e. The average molecular weight is 232 g/mol. The van der Waals surface area contributed by atoms with Crippen molar-refractivity contribution in [3.05, 3.63) is 30.1 Å². The maximum absolute atomic E-state index is 4.13. The van der Waals surface area contributed by atoms with E-state index in [4.69, 9.17) is 0 Å². The zero-order chi connectivity index (χ0) is 12.1. The molecule has 2 rings (SSSR count). The Balaban J connectivity index is 2.04. The summed E-state index contributed by atoms with van der Waals surface area (Å²) in [5.41, 5.74) is 1.86. The highest BCUT2D eigenvalue weighted by Gasteiger charge is 2.43. The second-order valence-corrected chi connectivity index (χ2v) is 5.38. The van der Waals surface area contributed by atoms with Crippen molar-refractivity contribution in [1.29, 1.82) is 0 Å². The van der Waals surface area contributed by atoms with Crippen LogP contribution in [0.4, 0.5) is 0 Å². The Morgan fingerprint density at radius 2 is 2.00 bits per heavy atom. The van der Waals surface area contributed by atoms with Crippen LogP contribution in [-0.4, -0.2) is 18.1 Å². The van der Waals surface area contributed by atoms with Gasteiger partial charge in [-0.2, -0.15) is 0 Å². The number of nitrogens with zero attached hydrogens (tertiary/aromatic N) is 1. The van der Waals surface area contributed by atoms with Gasteiger partial charge in [-0.05, 0) is 49.4 Å². The van der Waals surface area contributed by atoms with Crippen molar-refractivity contribution in [2.75, 3.05) is 13.1 Å². The minimum atomic E-state index is 0.388. The molecule has 0 aliphatic heterocycles. The minimum Gasteiger partial charge on any atom is -0.316 e. The lowest BCUT2D eigenvalue weighted by Crippen LogP contribution is -2.48. The molecule has 1 aliphatic rings. The summed E-state index contributed by atoms with van der Waals surface area (Å²) in [6.07, 6.45) is 9.06. The Hall–Kier alpha value is -0.890. The molecule has 94 valence electrons. The van der Waals surface area contributed by atoms with Crippen molar-refractivity contribution in [1.82, 2.24) is 10.3 Å². The first kappa shape index (κ1) is 12.6. The van der Waals surface area contributed by atoms with Crippen molar-refractivity contribution in [3.8, 4) is 0 Å². The summed E-state index contributed by atoms with van der Waals surface area (Å²) in [5.74, 6) is 0.923. The van der Waals surface area contributed by atoms with E-state index in [2.05, 4.69) is 36.3 Å². The monoisotopic (exact) mass is 232 g/mol. The molecule has 1 N–H and O–H groups in total. The van der Waals surface area contributed by atoms with Gasteiger partial charge in [0.2, 0.25) is 0 Å². The van der Waals surface area contributed by atoms with Crippen LogP contribution in [0.2, 0.25) is 0 Å². The normalized spacial score (nSPS) is 27.8. The predicted molar refractivity (Wildman–Crippen MR) is 72.1 cm³/mol. The Bertz CT molecular complexity index is 328. The second-order valence-electron chi connectivity index (χ2n) is 5.38. The molecule has 2 heteroatoms. The van der Waals surface area contributed by atoms with Gasteiger partial charge < -0.3 is 5.32 Å². The number of hydrogen-bond acceptors (Lipinski definition) is 2. The zero-order valence-corrected chi connectivity index (χ0v) is 11.1. The van der Waals surface area contributed by atoms with Crippen LogP contribution < -0.4 is 5.32 Å². The van der Waals surface area contributed by atoms with Crippen molar-refractivity contribution in [3.63, 3.8) is 0 Å². The first-order chi connectivity index (χ1) is 8.30. The molecular weight excluding hydrogens is 208 g/mol. The number of rotatable bonds is 6. The Morgan fingerprint density at radius 1 is 1.29 bits per heavy atom. The number of pyridine rings is 1. The topological polar surface area (TPSA) is 24.9 Å². The van der Waals surface area contributed by atoms with Gasteiger partial charge in [-0.25, -0.2) is 0 Å². The first-order valence-corrected chi connectivity index (χ1v) is 6.92. The van der Waals surface area contributed by atoms with E-state index in [1.54, 1.807) is 0 Å². The fourth-order valence-electron chi connectivity index (χ4n) is 3.03. The maximum atomic E-state index is 4.13. The highest BCUT2D eigenvalue weighted by atomic mass is 14.9. The van der Waals surface area contributed by atoms with E-state index in [1.165, 1.54) is 31.2 Å². The molecule has 0 saturated heterocycles. The van der Waals surface area contributed by atoms with Crippen molar-refractivity contribution < 1.29 is 0 Å². The van der Waals surface area contributed by atoms with Crippen LogP contribution in [0, 0.1) is 5.92 Å². The summed E-state index contributed by atoms with van der Waals surface area (Å²) in [4.78, 5) is 4.13. The molecule has 17 heavy (non-hydrogen) atoms. The van der Waals surface area contributed by atoms with E-state index >= 15 is 0 Å². The highest BCUT2D eigenvalue weighted by molar-refractivity contribution is 5.27. The smallest absolute Gasteiger partial charge is 0.0270 e. The lowest BCUT2D eigenvalue weighted by molar-refractivity contribution is 0.134. The lowest BCUT2D eigenvalue weighted by Gasteiger charge is -2.48. The van der Waals surface area contributed by atoms with Gasteiger partial charge in [0.05, 0.1) is 0 Å². The van der Waals surface area contributed by atoms with E-state index in [-0.39, 0.29) is 0 Å². The summed E-state index contributed by atoms with van der Waals surface area (Å²) in [6, 6.07) is 4.39. The van der Waals surface area contributed by atoms with Crippen LogP contribution in [0.3, 0.4) is 0 Å². The standard InChI is InChI=1S/C15H24N2/c1-3-7-17-12-15(10-13(4-2)11-15)14-5-8-16-9-6-14/h5-6,8-9,13,17H,3-4,7,10-12H2,1-2H3. The Labute approximate surface area is 105 Å². The number of nitrogens with one attached hydrogen (secondary N) is 1. The predicted octanol–water partition coefficient (Wildman–Crippen LogP) is 3.14. The Kier molecular flexibility index (Phi) is 4.16. The molecule has 1 aromatic rings. The molecule has 0 amide bonds. The summed E-state index contributed by atoms with van der Waals surface area (Å²) >= 11 is 0. The molecule has 2 nitrogen and oxygen atoms in total. The number of aromatic nitrogens is 1. The van der Waals surface area contributed by atoms with Crippen LogP contribution in [-0.2, 0) is 5.41 Å². The van der Waals surface area contributed by atoms with E-state index < -0.39 is 0 Å². The molecule has 1 aliphatic carbocycles. The van der Waals surface area contributed by atoms with E-state index in [1.807, 2.05) is 12.4 Å². The fraction of sp³-hybridized carbons (Fsp3) is 0.667. The third kappa shape index (κ3) is 2.68. The first-order valence-electron chi connectivity index (χ1n) is 6.92. The van der Waals surface area contributed by atoms with Gasteiger partial charge in [0.1, 0.15) is 0 Å². The molecule has 1 fully saturated rings. The molecule has 0 radical (unpaired) electrons. The molecule has 0 bridgehead atoms. The molecule has 1 heterocycles. The summed E-state index contributed by atoms with van der Waals surface area (Å²) in [6.45, 7) is 6.79. The second kappa shape index (κ2) is 5.63. The third-order valence-corrected chi connectivity index (χ3v) is 4.12. The number of hydrogen-bond donors (Lipinski definition) is 1. The van der Waals surface area contributed by atoms with Gasteiger partial charge in [0, 0.05) is 24.4 Å². The molecule has 0 spiro atoms. The molecule has 0 aromatic carbocycles. The van der Waals surface area contributed by atoms with Crippen molar-refractivity contribution in [2.24, 2.45) is 5.92 Å². The van der Waals surface area contributed by atoms with Crippen LogP contribution in [0.1, 0.15) is 45.1 Å². The molecular formula is C15H24N2. The third-order valence-electron chi connectivity index (χ3n) is 4.12. The van der Waals surface area contributed by atoms with Crippen LogP contribution in [0.5, 0.6) is 0 Å². The molecule has 0 atom stereocenters.